The van der Waals surface area contributed by atoms with Crippen LogP contribution in [0.25, 0.3) is 21.0 Å². The van der Waals surface area contributed by atoms with Gasteiger partial charge < -0.3 is 9.84 Å². The quantitative estimate of drug-likeness (QED) is 0.490. The maximum atomic E-state index is 10.7. The summed E-state index contributed by atoms with van der Waals surface area (Å²) >= 11 is 1.77. The van der Waals surface area contributed by atoms with Gasteiger partial charge in [0.15, 0.2) is 0 Å². The van der Waals surface area contributed by atoms with Gasteiger partial charge in [0.1, 0.15) is 23.5 Å². The number of hydrogen-bond donors (Lipinski definition) is 1. The molecule has 29 heavy (non-hydrogen) atoms. The van der Waals surface area contributed by atoms with Crippen molar-refractivity contribution in [2.75, 3.05) is 19.7 Å². The van der Waals surface area contributed by atoms with E-state index in [2.05, 4.69) is 41.3 Å². The number of hydrogen-bond acceptors (Lipinski definition) is 5. The van der Waals surface area contributed by atoms with Crippen LogP contribution in [0, 0.1) is 0 Å². The molecule has 1 fully saturated rings. The topological polar surface area (TPSA) is 45.6 Å². The van der Waals surface area contributed by atoms with Gasteiger partial charge in [-0.05, 0) is 43.0 Å². The molecule has 0 spiro atoms. The van der Waals surface area contributed by atoms with Gasteiger partial charge in [-0.15, -0.1) is 11.3 Å². The number of fused-ring (bicyclic) bond motifs is 2. The number of aliphatic hydroxyl groups excluding tert-OH is 1. The van der Waals surface area contributed by atoms with E-state index in [0.29, 0.717) is 12.6 Å². The molecule has 3 aromatic carbocycles. The Labute approximate surface area is 174 Å². The number of rotatable bonds is 6. The molecule has 0 aliphatic carbocycles. The predicted octanol–water partition coefficient (Wildman–Crippen LogP) is 5.03. The summed E-state index contributed by atoms with van der Waals surface area (Å²) in [5.74, 6) is 0.825. The molecule has 4 nitrogen and oxygen atoms in total. The number of aliphatic hydroxyl groups is 1. The highest BCUT2D eigenvalue weighted by Crippen LogP contribution is 2.36. The molecule has 1 N–H and O–H groups in total. The molecular formula is C24H24N2O2S. The molecule has 1 aliphatic rings. The van der Waals surface area contributed by atoms with Crippen LogP contribution in [-0.4, -0.2) is 40.8 Å². The van der Waals surface area contributed by atoms with Gasteiger partial charge in [0.05, 0.1) is 16.3 Å². The van der Waals surface area contributed by atoms with E-state index in [1.807, 2.05) is 30.3 Å². The Morgan fingerprint density at radius 1 is 1.07 bits per heavy atom. The molecule has 1 aromatic heterocycles. The molecule has 2 heterocycles. The lowest BCUT2D eigenvalue weighted by molar-refractivity contribution is 0.0643. The van der Waals surface area contributed by atoms with Crippen LogP contribution >= 0.6 is 11.3 Å². The van der Waals surface area contributed by atoms with E-state index in [-0.39, 0.29) is 6.61 Å². The van der Waals surface area contributed by atoms with Gasteiger partial charge in [-0.1, -0.05) is 48.5 Å². The van der Waals surface area contributed by atoms with Gasteiger partial charge in [-0.2, -0.15) is 0 Å². The van der Waals surface area contributed by atoms with Crippen molar-refractivity contribution >= 4 is 32.3 Å². The third-order valence-electron chi connectivity index (χ3n) is 5.59. The monoisotopic (exact) mass is 404 g/mol. The largest absolute Gasteiger partial charge is 0.490 e. The van der Waals surface area contributed by atoms with Gasteiger partial charge in [-0.25, -0.2) is 4.98 Å². The van der Waals surface area contributed by atoms with E-state index in [0.717, 1.165) is 46.4 Å². The molecular weight excluding hydrogens is 380 g/mol. The number of benzene rings is 3. The molecule has 148 valence electrons. The molecule has 0 amide bonds. The lowest BCUT2D eigenvalue weighted by atomic mass is 10.1. The van der Waals surface area contributed by atoms with Crippen molar-refractivity contribution in [2.24, 2.45) is 0 Å². The fourth-order valence-corrected chi connectivity index (χ4v) is 5.32. The smallest absolute Gasteiger partial charge is 0.127 e. The summed E-state index contributed by atoms with van der Waals surface area (Å²) in [4.78, 5) is 7.20. The Balaban J connectivity index is 1.25. The summed E-state index contributed by atoms with van der Waals surface area (Å²) in [6, 6.07) is 22.8. The van der Waals surface area contributed by atoms with Crippen LogP contribution in [0.4, 0.5) is 0 Å². The molecule has 5 heteroatoms. The fraction of sp³-hybridized carbons (Fsp3) is 0.292. The fourth-order valence-electron chi connectivity index (χ4n) is 4.19. The summed E-state index contributed by atoms with van der Waals surface area (Å²) in [6.07, 6.45) is 1.69. The van der Waals surface area contributed by atoms with Crippen molar-refractivity contribution in [3.63, 3.8) is 0 Å². The third-order valence-corrected chi connectivity index (χ3v) is 6.72. The molecule has 2 atom stereocenters. The van der Waals surface area contributed by atoms with Crippen molar-refractivity contribution in [3.05, 3.63) is 71.7 Å². The molecule has 0 saturated carbocycles. The minimum absolute atomic E-state index is 0.289. The zero-order valence-electron chi connectivity index (χ0n) is 16.2. The number of nitrogens with zero attached hydrogens (tertiary/aromatic N) is 2. The van der Waals surface area contributed by atoms with Gasteiger partial charge in [0, 0.05) is 11.9 Å². The number of ether oxygens (including phenoxy) is 1. The van der Waals surface area contributed by atoms with Gasteiger partial charge in [-0.3, -0.25) is 4.90 Å². The van der Waals surface area contributed by atoms with Gasteiger partial charge >= 0.3 is 0 Å². The van der Waals surface area contributed by atoms with Crippen molar-refractivity contribution in [1.29, 1.82) is 0 Å². The van der Waals surface area contributed by atoms with Gasteiger partial charge in [0.25, 0.3) is 0 Å². The molecule has 4 aromatic rings. The Morgan fingerprint density at radius 2 is 1.90 bits per heavy atom. The lowest BCUT2D eigenvalue weighted by Crippen LogP contribution is -2.35. The van der Waals surface area contributed by atoms with Crippen LogP contribution in [0.15, 0.2) is 66.7 Å². The second-order valence-electron chi connectivity index (χ2n) is 7.61. The first kappa shape index (κ1) is 18.6. The molecule has 1 saturated heterocycles. The predicted molar refractivity (Wildman–Crippen MR) is 119 cm³/mol. The number of likely N-dealkylation sites (tertiary alicyclic amines) is 1. The second kappa shape index (κ2) is 8.11. The Bertz CT molecular complexity index is 1090. The highest BCUT2D eigenvalue weighted by molar-refractivity contribution is 7.18. The van der Waals surface area contributed by atoms with Crippen LogP contribution < -0.4 is 4.74 Å². The van der Waals surface area contributed by atoms with Crippen molar-refractivity contribution in [2.45, 2.75) is 25.0 Å². The van der Waals surface area contributed by atoms with Crippen LogP contribution in [-0.2, 0) is 0 Å². The zero-order valence-corrected chi connectivity index (χ0v) is 17.0. The van der Waals surface area contributed by atoms with E-state index in [9.17, 15) is 5.11 Å². The van der Waals surface area contributed by atoms with E-state index < -0.39 is 6.10 Å². The molecule has 0 bridgehead atoms. The van der Waals surface area contributed by atoms with Gasteiger partial charge in [0.2, 0.25) is 0 Å². The summed E-state index contributed by atoms with van der Waals surface area (Å²) < 4.78 is 7.22. The first-order valence-electron chi connectivity index (χ1n) is 10.2. The number of para-hydroxylation sites is 1. The minimum atomic E-state index is -0.538. The highest BCUT2D eigenvalue weighted by Gasteiger charge is 2.30. The van der Waals surface area contributed by atoms with E-state index in [1.54, 1.807) is 11.3 Å². The zero-order chi connectivity index (χ0) is 19.6. The summed E-state index contributed by atoms with van der Waals surface area (Å²) in [6.45, 7) is 1.88. The van der Waals surface area contributed by atoms with Crippen LogP contribution in [0.2, 0.25) is 0 Å². The summed E-state index contributed by atoms with van der Waals surface area (Å²) in [5.41, 5.74) is 1.07. The molecule has 1 aliphatic heterocycles. The van der Waals surface area contributed by atoms with Crippen LogP contribution in [0.3, 0.4) is 0 Å². The molecule has 0 radical (unpaired) electrons. The first-order valence-corrected chi connectivity index (χ1v) is 11.0. The minimum Gasteiger partial charge on any atom is -0.490 e. The highest BCUT2D eigenvalue weighted by atomic mass is 32.1. The molecule has 5 rings (SSSR count). The first-order chi connectivity index (χ1) is 14.3. The van der Waals surface area contributed by atoms with Crippen molar-refractivity contribution < 1.29 is 9.84 Å². The number of β-amino-alcohol motifs (C(OH)–C–C–N with tert-alkyl or cyclic N) is 1. The third kappa shape index (κ3) is 3.86. The standard InChI is InChI=1S/C24H24N2O2S/c27-18(16-28-22-12-5-8-17-7-1-2-9-19(17)22)15-26-14-6-11-21(26)24-25-20-10-3-4-13-23(20)29-24/h1-5,7-10,12-13,18,21,27H,6,11,14-16H2. The SMILES string of the molecule is OC(COc1cccc2ccccc12)CN1CCCC1c1nc2ccccc2s1. The van der Waals surface area contributed by atoms with Crippen LogP contribution in [0.5, 0.6) is 5.75 Å². The average molecular weight is 405 g/mol. The number of aromatic nitrogens is 1. The van der Waals surface area contributed by atoms with Crippen molar-refractivity contribution in [3.8, 4) is 5.75 Å². The Hall–Kier alpha value is -2.47. The van der Waals surface area contributed by atoms with Crippen molar-refractivity contribution in [1.82, 2.24) is 9.88 Å². The Kier molecular flexibility index (Phi) is 5.19. The maximum Gasteiger partial charge on any atom is 0.127 e. The lowest BCUT2D eigenvalue weighted by Gasteiger charge is -2.25. The summed E-state index contributed by atoms with van der Waals surface area (Å²) in [5, 5.41) is 14.0. The number of thiazole rings is 1. The maximum absolute atomic E-state index is 10.7. The van der Waals surface area contributed by atoms with E-state index >= 15 is 0 Å². The van der Waals surface area contributed by atoms with E-state index in [1.165, 1.54) is 4.70 Å². The second-order valence-corrected chi connectivity index (χ2v) is 8.68. The molecule has 2 unspecified atom stereocenters. The van der Waals surface area contributed by atoms with Crippen LogP contribution in [0.1, 0.15) is 23.9 Å². The normalized spacial score (nSPS) is 18.4. The Morgan fingerprint density at radius 3 is 2.83 bits per heavy atom. The average Bonchev–Trinajstić information content (AvgIpc) is 3.38. The summed E-state index contributed by atoms with van der Waals surface area (Å²) in [7, 11) is 0. The van der Waals surface area contributed by atoms with E-state index in [4.69, 9.17) is 9.72 Å².